The maximum absolute atomic E-state index is 4.64. The van der Waals surface area contributed by atoms with E-state index < -0.39 is 0 Å². The molecular weight excluding hydrogens is 248 g/mol. The van der Waals surface area contributed by atoms with Crippen molar-refractivity contribution in [1.29, 1.82) is 0 Å². The van der Waals surface area contributed by atoms with E-state index in [1.807, 2.05) is 0 Å². The quantitative estimate of drug-likeness (QED) is 0.841. The third kappa shape index (κ3) is 3.17. The van der Waals surface area contributed by atoms with Crippen LogP contribution in [0.2, 0.25) is 0 Å². The van der Waals surface area contributed by atoms with E-state index in [9.17, 15) is 0 Å². The first-order valence-corrected chi connectivity index (χ1v) is 8.02. The van der Waals surface area contributed by atoms with Gasteiger partial charge in [0, 0.05) is 32.2 Å². The molecule has 1 aliphatic heterocycles. The zero-order valence-corrected chi connectivity index (χ0v) is 13.7. The average Bonchev–Trinajstić information content (AvgIpc) is 2.68. The Kier molecular flexibility index (Phi) is 5.08. The van der Waals surface area contributed by atoms with Gasteiger partial charge in [0.2, 0.25) is 0 Å². The first-order chi connectivity index (χ1) is 9.54. The number of aryl methyl sites for hydroxylation is 2. The minimum Gasteiger partial charge on any atom is -0.356 e. The molecule has 20 heavy (non-hydrogen) atoms. The molecule has 2 atom stereocenters. The predicted molar refractivity (Wildman–Crippen MR) is 85.1 cm³/mol. The summed E-state index contributed by atoms with van der Waals surface area (Å²) in [6.45, 7) is 13.4. The maximum atomic E-state index is 4.64. The summed E-state index contributed by atoms with van der Waals surface area (Å²) in [4.78, 5) is 2.54. The molecule has 4 heteroatoms. The third-order valence-electron chi connectivity index (χ3n) is 4.68. The van der Waals surface area contributed by atoms with Crippen molar-refractivity contribution in [1.82, 2.24) is 15.1 Å². The van der Waals surface area contributed by atoms with Gasteiger partial charge < -0.3 is 10.2 Å². The zero-order valence-electron chi connectivity index (χ0n) is 13.7. The summed E-state index contributed by atoms with van der Waals surface area (Å²) in [5.41, 5.74) is 2.54. The van der Waals surface area contributed by atoms with Crippen LogP contribution in [0.1, 0.15) is 44.9 Å². The van der Waals surface area contributed by atoms with Crippen LogP contribution < -0.4 is 10.2 Å². The highest BCUT2D eigenvalue weighted by Crippen LogP contribution is 2.30. The van der Waals surface area contributed by atoms with E-state index in [2.05, 4.69) is 54.7 Å². The number of rotatable bonds is 5. The van der Waals surface area contributed by atoms with E-state index in [1.54, 1.807) is 0 Å². The molecule has 2 unspecified atom stereocenters. The number of anilines is 1. The molecule has 4 nitrogen and oxygen atoms in total. The first-order valence-electron chi connectivity index (χ1n) is 8.02. The second-order valence-corrected chi connectivity index (χ2v) is 6.38. The van der Waals surface area contributed by atoms with Crippen LogP contribution in [-0.2, 0) is 13.6 Å². The molecule has 0 spiro atoms. The van der Waals surface area contributed by atoms with Crippen molar-refractivity contribution in [2.45, 2.75) is 47.1 Å². The smallest absolute Gasteiger partial charge is 0.131 e. The Labute approximate surface area is 123 Å². The molecule has 0 saturated carbocycles. The maximum Gasteiger partial charge on any atom is 0.131 e. The van der Waals surface area contributed by atoms with E-state index in [-0.39, 0.29) is 0 Å². The number of nitrogens with one attached hydrogen (secondary N) is 1. The van der Waals surface area contributed by atoms with Gasteiger partial charge in [-0.15, -0.1) is 0 Å². The van der Waals surface area contributed by atoms with Crippen LogP contribution in [0, 0.1) is 18.8 Å². The molecular formula is C16H30N4. The Morgan fingerprint density at radius 2 is 2.05 bits per heavy atom. The van der Waals surface area contributed by atoms with Crippen LogP contribution in [0.3, 0.4) is 0 Å². The van der Waals surface area contributed by atoms with Crippen molar-refractivity contribution in [2.24, 2.45) is 18.9 Å². The SMILES string of the molecule is CCCNCc1c(C)nn(C)c1N1CCC(C)C(C)C1. The molecule has 1 aliphatic rings. The highest BCUT2D eigenvalue weighted by Gasteiger charge is 2.27. The van der Waals surface area contributed by atoms with Crippen LogP contribution in [0.15, 0.2) is 0 Å². The van der Waals surface area contributed by atoms with Crippen molar-refractivity contribution < 1.29 is 0 Å². The van der Waals surface area contributed by atoms with Crippen LogP contribution >= 0.6 is 0 Å². The second kappa shape index (κ2) is 6.61. The Balaban J connectivity index is 2.17. The van der Waals surface area contributed by atoms with E-state index in [4.69, 9.17) is 0 Å². The molecule has 2 rings (SSSR count). The van der Waals surface area contributed by atoms with Crippen LogP contribution in [-0.4, -0.2) is 29.4 Å². The highest BCUT2D eigenvalue weighted by atomic mass is 15.4. The summed E-state index contributed by atoms with van der Waals surface area (Å²) in [6.07, 6.45) is 2.46. The number of hydrogen-bond acceptors (Lipinski definition) is 3. The molecule has 2 heterocycles. The largest absolute Gasteiger partial charge is 0.356 e. The van der Waals surface area contributed by atoms with Gasteiger partial charge in [0.05, 0.1) is 5.69 Å². The van der Waals surface area contributed by atoms with E-state index >= 15 is 0 Å². The van der Waals surface area contributed by atoms with E-state index in [0.29, 0.717) is 0 Å². The molecule has 114 valence electrons. The monoisotopic (exact) mass is 278 g/mol. The van der Waals surface area contributed by atoms with Crippen molar-refractivity contribution in [3.8, 4) is 0 Å². The molecule has 1 fully saturated rings. The minimum atomic E-state index is 0.760. The molecule has 1 N–H and O–H groups in total. The predicted octanol–water partition coefficient (Wildman–Crippen LogP) is 2.71. The van der Waals surface area contributed by atoms with Crippen molar-refractivity contribution in [3.05, 3.63) is 11.3 Å². The molecule has 1 aromatic heterocycles. The third-order valence-corrected chi connectivity index (χ3v) is 4.68. The lowest BCUT2D eigenvalue weighted by molar-refractivity contribution is 0.321. The molecule has 1 aromatic rings. The van der Waals surface area contributed by atoms with Gasteiger partial charge in [0.25, 0.3) is 0 Å². The summed E-state index contributed by atoms with van der Waals surface area (Å²) >= 11 is 0. The summed E-state index contributed by atoms with van der Waals surface area (Å²) in [5.74, 6) is 2.92. The normalized spacial score (nSPS) is 23.4. The minimum absolute atomic E-state index is 0.760. The fourth-order valence-electron chi connectivity index (χ4n) is 3.14. The van der Waals surface area contributed by atoms with Gasteiger partial charge in [0.1, 0.15) is 5.82 Å². The molecule has 0 radical (unpaired) electrons. The van der Waals surface area contributed by atoms with Gasteiger partial charge in [-0.25, -0.2) is 0 Å². The van der Waals surface area contributed by atoms with Crippen LogP contribution in [0.4, 0.5) is 5.82 Å². The fourth-order valence-corrected chi connectivity index (χ4v) is 3.14. The second-order valence-electron chi connectivity index (χ2n) is 6.38. The summed E-state index contributed by atoms with van der Waals surface area (Å²) in [6, 6.07) is 0. The molecule has 0 aromatic carbocycles. The van der Waals surface area contributed by atoms with Crippen molar-refractivity contribution >= 4 is 5.82 Å². The van der Waals surface area contributed by atoms with Gasteiger partial charge in [-0.2, -0.15) is 5.10 Å². The highest BCUT2D eigenvalue weighted by molar-refractivity contribution is 5.50. The van der Waals surface area contributed by atoms with E-state index in [1.165, 1.54) is 24.2 Å². The standard InChI is InChI=1S/C16H30N4/c1-6-8-17-10-15-14(4)18-19(5)16(15)20-9-7-12(2)13(3)11-20/h12-13,17H,6-11H2,1-5H3. The Bertz CT molecular complexity index is 438. The van der Waals surface area contributed by atoms with Crippen LogP contribution in [0.5, 0.6) is 0 Å². The number of nitrogens with zero attached hydrogens (tertiary/aromatic N) is 3. The first kappa shape index (κ1) is 15.4. The molecule has 0 aliphatic carbocycles. The summed E-state index contributed by atoms with van der Waals surface area (Å²) in [7, 11) is 2.08. The van der Waals surface area contributed by atoms with E-state index in [0.717, 1.165) is 43.7 Å². The Morgan fingerprint density at radius 1 is 1.30 bits per heavy atom. The molecule has 0 bridgehead atoms. The van der Waals surface area contributed by atoms with Gasteiger partial charge in [-0.05, 0) is 38.1 Å². The van der Waals surface area contributed by atoms with Gasteiger partial charge in [-0.1, -0.05) is 20.8 Å². The average molecular weight is 278 g/mol. The number of aromatic nitrogens is 2. The lowest BCUT2D eigenvalue weighted by Crippen LogP contribution is -2.40. The Morgan fingerprint density at radius 3 is 2.70 bits per heavy atom. The topological polar surface area (TPSA) is 33.1 Å². The zero-order chi connectivity index (χ0) is 14.7. The van der Waals surface area contributed by atoms with Gasteiger partial charge >= 0.3 is 0 Å². The lowest BCUT2D eigenvalue weighted by Gasteiger charge is -2.37. The summed E-state index contributed by atoms with van der Waals surface area (Å²) < 4.78 is 2.07. The fraction of sp³-hybridized carbons (Fsp3) is 0.812. The summed E-state index contributed by atoms with van der Waals surface area (Å²) in [5, 5.41) is 8.17. The van der Waals surface area contributed by atoms with Crippen LogP contribution in [0.25, 0.3) is 0 Å². The van der Waals surface area contributed by atoms with Gasteiger partial charge in [0.15, 0.2) is 0 Å². The number of hydrogen-bond donors (Lipinski definition) is 1. The van der Waals surface area contributed by atoms with Crippen molar-refractivity contribution in [3.63, 3.8) is 0 Å². The van der Waals surface area contributed by atoms with Gasteiger partial charge in [-0.3, -0.25) is 4.68 Å². The Hall–Kier alpha value is -1.03. The molecule has 0 amide bonds. The lowest BCUT2D eigenvalue weighted by atomic mass is 9.88. The number of piperidine rings is 1. The van der Waals surface area contributed by atoms with Crippen molar-refractivity contribution in [2.75, 3.05) is 24.5 Å². The molecule has 1 saturated heterocycles.